The molecule has 0 fully saturated rings. The van der Waals surface area contributed by atoms with Gasteiger partial charge in [-0.1, -0.05) is 18.2 Å². The molecule has 1 heterocycles. The Labute approximate surface area is 114 Å². The summed E-state index contributed by atoms with van der Waals surface area (Å²) in [5, 5.41) is 2.33. The van der Waals surface area contributed by atoms with Gasteiger partial charge in [0.1, 0.15) is 11.6 Å². The van der Waals surface area contributed by atoms with Crippen LogP contribution in [0.25, 0.3) is 0 Å². The van der Waals surface area contributed by atoms with E-state index in [2.05, 4.69) is 15.3 Å². The first kappa shape index (κ1) is 14.0. The van der Waals surface area contributed by atoms with Gasteiger partial charge in [-0.2, -0.15) is 0 Å². The molecule has 1 atom stereocenters. The van der Waals surface area contributed by atoms with Gasteiger partial charge in [0.25, 0.3) is 5.91 Å². The third-order valence-corrected chi connectivity index (χ3v) is 2.84. The summed E-state index contributed by atoms with van der Waals surface area (Å²) in [5.41, 5.74) is -2.55. The number of alkyl halides is 1. The molecule has 0 bridgehead atoms. The van der Waals surface area contributed by atoms with E-state index in [1.165, 1.54) is 30.6 Å². The minimum atomic E-state index is -2.49. The van der Waals surface area contributed by atoms with Crippen LogP contribution in [0.5, 0.6) is 0 Å². The van der Waals surface area contributed by atoms with Crippen molar-refractivity contribution >= 4 is 11.6 Å². The molecular formula is C14H13F2N3O. The summed E-state index contributed by atoms with van der Waals surface area (Å²) in [6, 6.07) is 5.25. The number of hydrogen-bond acceptors (Lipinski definition) is 3. The number of benzene rings is 1. The van der Waals surface area contributed by atoms with E-state index in [0.29, 0.717) is 5.82 Å². The van der Waals surface area contributed by atoms with E-state index in [1.54, 1.807) is 6.92 Å². The first-order chi connectivity index (χ1) is 9.41. The van der Waals surface area contributed by atoms with Crippen LogP contribution in [0, 0.1) is 12.7 Å². The largest absolute Gasteiger partial charge is 0.320 e. The van der Waals surface area contributed by atoms with Crippen molar-refractivity contribution in [2.75, 3.05) is 5.32 Å². The molecule has 4 nitrogen and oxygen atoms in total. The lowest BCUT2D eigenvalue weighted by molar-refractivity contribution is -0.127. The number of aromatic nitrogens is 2. The van der Waals surface area contributed by atoms with Crippen molar-refractivity contribution < 1.29 is 13.6 Å². The lowest BCUT2D eigenvalue weighted by Gasteiger charge is -2.20. The monoisotopic (exact) mass is 277 g/mol. The molecule has 20 heavy (non-hydrogen) atoms. The number of hydrogen-bond donors (Lipinski definition) is 1. The number of nitrogens with zero attached hydrogens (tertiary/aromatic N) is 2. The Morgan fingerprint density at radius 3 is 2.45 bits per heavy atom. The zero-order chi connectivity index (χ0) is 14.8. The lowest BCUT2D eigenvalue weighted by atomic mass is 9.96. The van der Waals surface area contributed by atoms with Crippen molar-refractivity contribution in [2.45, 2.75) is 19.5 Å². The molecular weight excluding hydrogens is 264 g/mol. The van der Waals surface area contributed by atoms with Gasteiger partial charge in [-0.3, -0.25) is 4.79 Å². The maximum atomic E-state index is 14.5. The number of anilines is 1. The molecule has 0 aliphatic heterocycles. The van der Waals surface area contributed by atoms with E-state index in [4.69, 9.17) is 0 Å². The zero-order valence-electron chi connectivity index (χ0n) is 11.0. The molecule has 1 aromatic carbocycles. The number of carbonyl (C=O) groups excluding carboxylic acids is 1. The zero-order valence-corrected chi connectivity index (χ0v) is 11.0. The Morgan fingerprint density at radius 2 is 1.85 bits per heavy atom. The Hall–Kier alpha value is -2.37. The van der Waals surface area contributed by atoms with Crippen molar-refractivity contribution in [1.82, 2.24) is 9.97 Å². The Morgan fingerprint density at radius 1 is 1.25 bits per heavy atom. The molecule has 0 radical (unpaired) electrons. The third kappa shape index (κ3) is 2.79. The second-order valence-corrected chi connectivity index (χ2v) is 4.46. The first-order valence-electron chi connectivity index (χ1n) is 5.95. The van der Waals surface area contributed by atoms with Crippen LogP contribution in [0.15, 0.2) is 36.7 Å². The minimum absolute atomic E-state index is 0.251. The minimum Gasteiger partial charge on any atom is -0.320 e. The van der Waals surface area contributed by atoms with Gasteiger partial charge in [0.15, 0.2) is 0 Å². The maximum absolute atomic E-state index is 14.5. The molecule has 0 spiro atoms. The number of nitrogens with one attached hydrogen (secondary N) is 1. The number of carbonyl (C=O) groups is 1. The Bertz CT molecular complexity index is 627. The summed E-state index contributed by atoms with van der Waals surface area (Å²) in [6.45, 7) is 2.69. The van der Waals surface area contributed by atoms with Gasteiger partial charge in [0, 0.05) is 5.56 Å². The molecule has 0 saturated heterocycles. The van der Waals surface area contributed by atoms with E-state index in [1.807, 2.05) is 0 Å². The molecule has 1 unspecified atom stereocenters. The van der Waals surface area contributed by atoms with Crippen LogP contribution < -0.4 is 5.32 Å². The van der Waals surface area contributed by atoms with Gasteiger partial charge < -0.3 is 5.32 Å². The molecule has 104 valence electrons. The molecule has 1 aromatic heterocycles. The average Bonchev–Trinajstić information content (AvgIpc) is 2.41. The highest BCUT2D eigenvalue weighted by atomic mass is 19.1. The van der Waals surface area contributed by atoms with Crippen molar-refractivity contribution in [2.24, 2.45) is 0 Å². The summed E-state index contributed by atoms with van der Waals surface area (Å²) in [5.74, 6) is -1.22. The van der Waals surface area contributed by atoms with Crippen LogP contribution in [0.2, 0.25) is 0 Å². The molecule has 0 saturated carbocycles. The summed E-state index contributed by atoms with van der Waals surface area (Å²) in [7, 11) is 0. The summed E-state index contributed by atoms with van der Waals surface area (Å²) in [6.07, 6.45) is 2.72. The summed E-state index contributed by atoms with van der Waals surface area (Å²) < 4.78 is 28.1. The fourth-order valence-electron chi connectivity index (χ4n) is 1.67. The van der Waals surface area contributed by atoms with Crippen LogP contribution in [0.4, 0.5) is 14.5 Å². The predicted molar refractivity (Wildman–Crippen MR) is 70.3 cm³/mol. The lowest BCUT2D eigenvalue weighted by Crippen LogP contribution is -2.34. The number of amides is 1. The molecule has 0 aliphatic carbocycles. The van der Waals surface area contributed by atoms with Crippen molar-refractivity contribution in [3.8, 4) is 0 Å². The van der Waals surface area contributed by atoms with Gasteiger partial charge >= 0.3 is 0 Å². The molecule has 0 aliphatic rings. The molecule has 1 amide bonds. The van der Waals surface area contributed by atoms with Gasteiger partial charge in [-0.15, -0.1) is 0 Å². The standard InChI is InChI=1S/C14H13F2N3O/c1-9-17-7-10(8-18-9)19-13(20)14(2,16)11-5-3-4-6-12(11)15/h3-8H,1-2H3,(H,19,20). The van der Waals surface area contributed by atoms with Crippen molar-refractivity contribution in [3.05, 3.63) is 53.9 Å². The van der Waals surface area contributed by atoms with Gasteiger partial charge in [0.05, 0.1) is 18.1 Å². The van der Waals surface area contributed by atoms with Gasteiger partial charge in [-0.05, 0) is 19.9 Å². The third-order valence-electron chi connectivity index (χ3n) is 2.84. The summed E-state index contributed by atoms with van der Waals surface area (Å²) >= 11 is 0. The highest BCUT2D eigenvalue weighted by Crippen LogP contribution is 2.29. The Kier molecular flexibility index (Phi) is 3.74. The number of aryl methyl sites for hydroxylation is 1. The predicted octanol–water partition coefficient (Wildman–Crippen LogP) is 2.75. The van der Waals surface area contributed by atoms with Crippen LogP contribution in [-0.4, -0.2) is 15.9 Å². The summed E-state index contributed by atoms with van der Waals surface area (Å²) in [4.78, 5) is 19.7. The highest BCUT2D eigenvalue weighted by molar-refractivity contribution is 5.97. The smallest absolute Gasteiger partial charge is 0.266 e. The van der Waals surface area contributed by atoms with Crippen LogP contribution >= 0.6 is 0 Å². The van der Waals surface area contributed by atoms with Crippen LogP contribution in [0.3, 0.4) is 0 Å². The second kappa shape index (κ2) is 5.32. The van der Waals surface area contributed by atoms with Crippen molar-refractivity contribution in [1.29, 1.82) is 0 Å². The van der Waals surface area contributed by atoms with Gasteiger partial charge in [0.2, 0.25) is 5.67 Å². The molecule has 1 N–H and O–H groups in total. The first-order valence-corrected chi connectivity index (χ1v) is 5.95. The molecule has 6 heteroatoms. The highest BCUT2D eigenvalue weighted by Gasteiger charge is 2.37. The van der Waals surface area contributed by atoms with E-state index < -0.39 is 17.4 Å². The van der Waals surface area contributed by atoms with Gasteiger partial charge in [-0.25, -0.2) is 18.7 Å². The van der Waals surface area contributed by atoms with E-state index in [0.717, 1.165) is 13.0 Å². The van der Waals surface area contributed by atoms with E-state index >= 15 is 0 Å². The fraction of sp³-hybridized carbons (Fsp3) is 0.214. The topological polar surface area (TPSA) is 54.9 Å². The van der Waals surface area contributed by atoms with E-state index in [9.17, 15) is 13.6 Å². The van der Waals surface area contributed by atoms with Crippen molar-refractivity contribution in [3.63, 3.8) is 0 Å². The maximum Gasteiger partial charge on any atom is 0.266 e. The normalized spacial score (nSPS) is 13.6. The van der Waals surface area contributed by atoms with Crippen LogP contribution in [-0.2, 0) is 10.5 Å². The second-order valence-electron chi connectivity index (χ2n) is 4.46. The molecule has 2 aromatic rings. The number of rotatable bonds is 3. The number of halogens is 2. The quantitative estimate of drug-likeness (QED) is 0.938. The fourth-order valence-corrected chi connectivity index (χ4v) is 1.67. The molecule has 2 rings (SSSR count). The Balaban J connectivity index is 2.23. The SMILES string of the molecule is Cc1ncc(NC(=O)C(C)(F)c2ccccc2F)cn1. The van der Waals surface area contributed by atoms with E-state index in [-0.39, 0.29) is 11.3 Å². The van der Waals surface area contributed by atoms with Crippen LogP contribution in [0.1, 0.15) is 18.3 Å². The average molecular weight is 277 g/mol.